The van der Waals surface area contributed by atoms with Gasteiger partial charge in [0.2, 0.25) is 0 Å². The van der Waals surface area contributed by atoms with E-state index in [1.807, 2.05) is 0 Å². The van der Waals surface area contributed by atoms with Crippen LogP contribution in [0.25, 0.3) is 0 Å². The van der Waals surface area contributed by atoms with Crippen molar-refractivity contribution < 1.29 is 10.0 Å². The van der Waals surface area contributed by atoms with Gasteiger partial charge in [-0.2, -0.15) is 0 Å². The molecule has 0 spiro atoms. The highest BCUT2D eigenvalue weighted by Crippen LogP contribution is 2.17. The predicted molar refractivity (Wildman–Crippen MR) is 54.5 cm³/mol. The molecule has 1 saturated carbocycles. The van der Waals surface area contributed by atoms with Crippen molar-refractivity contribution >= 4 is 11.6 Å². The van der Waals surface area contributed by atoms with Crippen molar-refractivity contribution in [2.75, 3.05) is 0 Å². The first-order valence-electron chi connectivity index (χ1n) is 5.29. The largest absolute Gasteiger partial charge is 0.410 e. The Morgan fingerprint density at radius 3 is 2.57 bits per heavy atom. The van der Waals surface area contributed by atoms with Crippen LogP contribution in [-0.2, 0) is 4.79 Å². The van der Waals surface area contributed by atoms with Crippen LogP contribution in [0.1, 0.15) is 45.4 Å². The summed E-state index contributed by atoms with van der Waals surface area (Å²) in [5, 5.41) is 14.4. The van der Waals surface area contributed by atoms with Gasteiger partial charge in [0.1, 0.15) is 5.71 Å². The second kappa shape index (κ2) is 5.62. The maximum absolute atomic E-state index is 11.5. The Morgan fingerprint density at radius 2 is 2.07 bits per heavy atom. The number of rotatable bonds is 3. The van der Waals surface area contributed by atoms with Crippen molar-refractivity contribution in [3.63, 3.8) is 0 Å². The van der Waals surface area contributed by atoms with Gasteiger partial charge < -0.3 is 10.5 Å². The van der Waals surface area contributed by atoms with Gasteiger partial charge in [-0.25, -0.2) is 0 Å². The van der Waals surface area contributed by atoms with E-state index in [-0.39, 0.29) is 17.7 Å². The van der Waals surface area contributed by atoms with Crippen LogP contribution in [0.3, 0.4) is 0 Å². The lowest BCUT2D eigenvalue weighted by atomic mass is 9.95. The van der Waals surface area contributed by atoms with Crippen LogP contribution in [0.2, 0.25) is 0 Å². The molecule has 0 aromatic heterocycles. The van der Waals surface area contributed by atoms with Gasteiger partial charge in [0.15, 0.2) is 0 Å². The molecule has 4 heteroatoms. The van der Waals surface area contributed by atoms with Gasteiger partial charge in [-0.1, -0.05) is 31.3 Å². The highest BCUT2D eigenvalue weighted by molar-refractivity contribution is 6.38. The molecule has 80 valence electrons. The van der Waals surface area contributed by atoms with E-state index in [4.69, 9.17) is 5.21 Å². The van der Waals surface area contributed by atoms with E-state index in [1.165, 1.54) is 19.3 Å². The Balaban J connectivity index is 2.38. The highest BCUT2D eigenvalue weighted by Gasteiger charge is 2.18. The van der Waals surface area contributed by atoms with Crippen LogP contribution in [0.5, 0.6) is 0 Å². The third-order valence-electron chi connectivity index (χ3n) is 2.66. The summed E-state index contributed by atoms with van der Waals surface area (Å²) in [5.74, 6) is -0.220. The normalized spacial score (nSPS) is 19.4. The second-order valence-electron chi connectivity index (χ2n) is 3.71. The minimum absolute atomic E-state index is 0.218. The molecule has 2 N–H and O–H groups in total. The number of oxime groups is 1. The maximum atomic E-state index is 11.5. The number of amides is 1. The average molecular weight is 198 g/mol. The molecule has 0 aromatic rings. The molecule has 0 aliphatic heterocycles. The molecule has 4 nitrogen and oxygen atoms in total. The molecular weight excluding hydrogens is 180 g/mol. The fourth-order valence-corrected chi connectivity index (χ4v) is 1.79. The molecule has 1 aliphatic rings. The maximum Gasteiger partial charge on any atom is 0.269 e. The second-order valence-corrected chi connectivity index (χ2v) is 3.71. The SMILES string of the molecule is CCC(=NO)C(=O)NC1CCCCC1. The third-order valence-corrected chi connectivity index (χ3v) is 2.66. The number of nitrogens with zero attached hydrogens (tertiary/aromatic N) is 1. The van der Waals surface area contributed by atoms with Gasteiger partial charge in [0.25, 0.3) is 5.91 Å². The van der Waals surface area contributed by atoms with Gasteiger partial charge in [-0.15, -0.1) is 0 Å². The Labute approximate surface area is 84.4 Å². The molecule has 0 aromatic carbocycles. The van der Waals surface area contributed by atoms with E-state index < -0.39 is 0 Å². The summed E-state index contributed by atoms with van der Waals surface area (Å²) in [4.78, 5) is 11.5. The van der Waals surface area contributed by atoms with Gasteiger partial charge in [-0.3, -0.25) is 4.79 Å². The molecule has 0 atom stereocenters. The fraction of sp³-hybridized carbons (Fsp3) is 0.800. The molecule has 0 unspecified atom stereocenters. The lowest BCUT2D eigenvalue weighted by Gasteiger charge is -2.22. The highest BCUT2D eigenvalue weighted by atomic mass is 16.4. The van der Waals surface area contributed by atoms with Crippen LogP contribution in [-0.4, -0.2) is 22.9 Å². The summed E-state index contributed by atoms with van der Waals surface area (Å²) in [6.07, 6.45) is 6.20. The van der Waals surface area contributed by atoms with Crippen molar-refractivity contribution in [3.8, 4) is 0 Å². The molecule has 1 fully saturated rings. The van der Waals surface area contributed by atoms with Crippen LogP contribution in [0.15, 0.2) is 5.16 Å². The minimum Gasteiger partial charge on any atom is -0.410 e. The average Bonchev–Trinajstić information content (AvgIpc) is 2.21. The number of nitrogens with one attached hydrogen (secondary N) is 1. The number of hydrogen-bond donors (Lipinski definition) is 2. The first kappa shape index (κ1) is 11.0. The third kappa shape index (κ3) is 3.01. The van der Waals surface area contributed by atoms with Gasteiger partial charge in [0.05, 0.1) is 0 Å². The minimum atomic E-state index is -0.220. The Bertz CT molecular complexity index is 220. The van der Waals surface area contributed by atoms with Gasteiger partial charge >= 0.3 is 0 Å². The Hall–Kier alpha value is -1.06. The van der Waals surface area contributed by atoms with Crippen LogP contribution < -0.4 is 5.32 Å². The molecular formula is C10H18N2O2. The molecule has 14 heavy (non-hydrogen) atoms. The van der Waals surface area contributed by atoms with Gasteiger partial charge in [0, 0.05) is 6.04 Å². The van der Waals surface area contributed by atoms with Crippen molar-refractivity contribution in [1.82, 2.24) is 5.32 Å². The zero-order valence-corrected chi connectivity index (χ0v) is 8.62. The van der Waals surface area contributed by atoms with Crippen molar-refractivity contribution in [1.29, 1.82) is 0 Å². The fourth-order valence-electron chi connectivity index (χ4n) is 1.79. The number of carbonyl (C=O) groups excluding carboxylic acids is 1. The summed E-state index contributed by atoms with van der Waals surface area (Å²) in [7, 11) is 0. The first-order chi connectivity index (χ1) is 6.77. The lowest BCUT2D eigenvalue weighted by Crippen LogP contribution is -2.40. The summed E-state index contributed by atoms with van der Waals surface area (Å²) < 4.78 is 0. The topological polar surface area (TPSA) is 61.7 Å². The standard InChI is InChI=1S/C10H18N2O2/c1-2-9(12-14)10(13)11-8-6-4-3-5-7-8/h8,14H,2-7H2,1H3,(H,11,13). The molecule has 1 aliphatic carbocycles. The van der Waals surface area contributed by atoms with Crippen LogP contribution in [0.4, 0.5) is 0 Å². The van der Waals surface area contributed by atoms with E-state index in [1.54, 1.807) is 6.92 Å². The van der Waals surface area contributed by atoms with E-state index >= 15 is 0 Å². The molecule has 0 bridgehead atoms. The van der Waals surface area contributed by atoms with Crippen molar-refractivity contribution in [2.45, 2.75) is 51.5 Å². The van der Waals surface area contributed by atoms with Crippen molar-refractivity contribution in [3.05, 3.63) is 0 Å². The number of hydrogen-bond acceptors (Lipinski definition) is 3. The summed E-state index contributed by atoms with van der Waals surface area (Å²) in [6, 6.07) is 0.277. The van der Waals surface area contributed by atoms with E-state index in [0.717, 1.165) is 12.8 Å². The molecule has 0 heterocycles. The molecule has 1 rings (SSSR count). The van der Waals surface area contributed by atoms with Gasteiger partial charge in [-0.05, 0) is 19.3 Å². The quantitative estimate of drug-likeness (QED) is 0.411. The zero-order chi connectivity index (χ0) is 10.4. The zero-order valence-electron chi connectivity index (χ0n) is 8.62. The van der Waals surface area contributed by atoms with Crippen LogP contribution in [0, 0.1) is 0 Å². The lowest BCUT2D eigenvalue weighted by molar-refractivity contribution is -0.115. The Kier molecular flexibility index (Phi) is 4.43. The monoisotopic (exact) mass is 198 g/mol. The summed E-state index contributed by atoms with van der Waals surface area (Å²) >= 11 is 0. The first-order valence-corrected chi connectivity index (χ1v) is 5.29. The molecule has 0 saturated heterocycles. The number of carbonyl (C=O) groups is 1. The molecule has 0 radical (unpaired) electrons. The van der Waals surface area contributed by atoms with E-state index in [2.05, 4.69) is 10.5 Å². The van der Waals surface area contributed by atoms with Crippen molar-refractivity contribution in [2.24, 2.45) is 5.16 Å². The molecule has 1 amide bonds. The smallest absolute Gasteiger partial charge is 0.269 e. The van der Waals surface area contributed by atoms with E-state index in [9.17, 15) is 4.79 Å². The van der Waals surface area contributed by atoms with Crippen LogP contribution >= 0.6 is 0 Å². The van der Waals surface area contributed by atoms with E-state index in [0.29, 0.717) is 6.42 Å². The summed E-state index contributed by atoms with van der Waals surface area (Å²) in [6.45, 7) is 1.80. The predicted octanol–water partition coefficient (Wildman–Crippen LogP) is 1.68. The Morgan fingerprint density at radius 1 is 1.43 bits per heavy atom. The summed E-state index contributed by atoms with van der Waals surface area (Å²) in [5.41, 5.74) is 0.218.